The van der Waals surface area contributed by atoms with Gasteiger partial charge in [-0.3, -0.25) is 9.78 Å². The number of pyridine rings is 1. The van der Waals surface area contributed by atoms with E-state index < -0.39 is 44.2 Å². The van der Waals surface area contributed by atoms with Crippen molar-refractivity contribution in [2.45, 2.75) is 29.1 Å². The van der Waals surface area contributed by atoms with E-state index in [-0.39, 0.29) is 22.1 Å². The van der Waals surface area contributed by atoms with E-state index >= 15 is 0 Å². The molecule has 1 atom stereocenters. The van der Waals surface area contributed by atoms with E-state index in [4.69, 9.17) is 0 Å². The highest BCUT2D eigenvalue weighted by Crippen LogP contribution is 2.36. The van der Waals surface area contributed by atoms with Crippen LogP contribution in [0.4, 0.5) is 13.2 Å². The van der Waals surface area contributed by atoms with Gasteiger partial charge in [0.1, 0.15) is 28.4 Å². The normalized spacial score (nSPS) is 15.8. The molecule has 1 aliphatic heterocycles. The van der Waals surface area contributed by atoms with Gasteiger partial charge in [-0.25, -0.2) is 21.6 Å². The summed E-state index contributed by atoms with van der Waals surface area (Å²) in [5.74, 6) is -2.80. The number of amides is 1. The Labute approximate surface area is 194 Å². The SMILES string of the molecule is O=C(c1ccc(C(c2cc(F)ccc2F)S(=O)(=O)c2ccc(F)cc2)cn1)N1CCC(O)CC1. The zero-order valence-corrected chi connectivity index (χ0v) is 18.7. The van der Waals surface area contributed by atoms with Gasteiger partial charge in [-0.1, -0.05) is 6.07 Å². The molecule has 0 aliphatic carbocycles. The molecule has 1 N–H and O–H groups in total. The molecule has 6 nitrogen and oxygen atoms in total. The van der Waals surface area contributed by atoms with E-state index in [0.29, 0.717) is 25.9 Å². The molecule has 2 aromatic carbocycles. The highest BCUT2D eigenvalue weighted by atomic mass is 32.2. The minimum absolute atomic E-state index is 0.0134. The average molecular weight is 491 g/mol. The Bertz CT molecular complexity index is 1290. The lowest BCUT2D eigenvalue weighted by atomic mass is 10.0. The predicted molar refractivity (Wildman–Crippen MR) is 117 cm³/mol. The maximum absolute atomic E-state index is 14.7. The molecule has 178 valence electrons. The van der Waals surface area contributed by atoms with Crippen molar-refractivity contribution in [3.63, 3.8) is 0 Å². The topological polar surface area (TPSA) is 87.6 Å². The second-order valence-electron chi connectivity index (χ2n) is 8.04. The van der Waals surface area contributed by atoms with Crippen LogP contribution in [0.25, 0.3) is 0 Å². The van der Waals surface area contributed by atoms with Crippen molar-refractivity contribution in [1.29, 1.82) is 0 Å². The number of sulfone groups is 1. The van der Waals surface area contributed by atoms with Crippen LogP contribution >= 0.6 is 0 Å². The number of aliphatic hydroxyl groups excluding tert-OH is 1. The number of halogens is 3. The van der Waals surface area contributed by atoms with E-state index in [1.165, 1.54) is 17.0 Å². The van der Waals surface area contributed by atoms with Crippen LogP contribution in [0.15, 0.2) is 65.7 Å². The molecule has 1 unspecified atom stereocenters. The summed E-state index contributed by atoms with van der Waals surface area (Å²) in [5, 5.41) is 7.94. The number of hydrogen-bond acceptors (Lipinski definition) is 5. The van der Waals surface area contributed by atoms with Crippen LogP contribution in [0.5, 0.6) is 0 Å². The predicted octanol–water partition coefficient (Wildman–Crippen LogP) is 3.66. The summed E-state index contributed by atoms with van der Waals surface area (Å²) in [7, 11) is -4.36. The Morgan fingerprint density at radius 1 is 0.971 bits per heavy atom. The van der Waals surface area contributed by atoms with Crippen molar-refractivity contribution in [3.8, 4) is 0 Å². The summed E-state index contributed by atoms with van der Waals surface area (Å²) in [4.78, 5) is 18.1. The Morgan fingerprint density at radius 3 is 2.24 bits per heavy atom. The number of aromatic nitrogens is 1. The number of carbonyl (C=O) groups is 1. The van der Waals surface area contributed by atoms with E-state index in [1.54, 1.807) is 0 Å². The van der Waals surface area contributed by atoms with Crippen LogP contribution in [0, 0.1) is 17.5 Å². The average Bonchev–Trinajstić information content (AvgIpc) is 2.82. The first kappa shape index (κ1) is 23.9. The van der Waals surface area contributed by atoms with Crippen molar-refractivity contribution in [2.75, 3.05) is 13.1 Å². The summed E-state index contributed by atoms with van der Waals surface area (Å²) >= 11 is 0. The molecule has 10 heteroatoms. The van der Waals surface area contributed by atoms with Gasteiger partial charge in [-0.2, -0.15) is 0 Å². The van der Waals surface area contributed by atoms with Crippen LogP contribution in [0.1, 0.15) is 39.7 Å². The first-order valence-electron chi connectivity index (χ1n) is 10.5. The van der Waals surface area contributed by atoms with Gasteiger partial charge in [0.25, 0.3) is 5.91 Å². The van der Waals surface area contributed by atoms with Gasteiger partial charge in [0.2, 0.25) is 0 Å². The molecule has 1 aliphatic rings. The van der Waals surface area contributed by atoms with Crippen LogP contribution in [-0.2, 0) is 9.84 Å². The van der Waals surface area contributed by atoms with Crippen LogP contribution in [0.3, 0.4) is 0 Å². The van der Waals surface area contributed by atoms with Crippen LogP contribution < -0.4 is 0 Å². The van der Waals surface area contributed by atoms with Crippen molar-refractivity contribution >= 4 is 15.7 Å². The molecule has 4 rings (SSSR count). The summed E-state index contributed by atoms with van der Waals surface area (Å²) in [6.07, 6.45) is 1.57. The zero-order chi connectivity index (χ0) is 24.5. The van der Waals surface area contributed by atoms with E-state index in [9.17, 15) is 31.5 Å². The molecule has 34 heavy (non-hydrogen) atoms. The lowest BCUT2D eigenvalue weighted by Crippen LogP contribution is -2.40. The van der Waals surface area contributed by atoms with Gasteiger partial charge >= 0.3 is 0 Å². The van der Waals surface area contributed by atoms with Gasteiger partial charge in [0, 0.05) is 24.8 Å². The van der Waals surface area contributed by atoms with Crippen LogP contribution in [-0.4, -0.2) is 48.5 Å². The second kappa shape index (κ2) is 9.55. The van der Waals surface area contributed by atoms with Gasteiger partial charge in [0.05, 0.1) is 11.0 Å². The molecule has 0 spiro atoms. The third-order valence-corrected chi connectivity index (χ3v) is 7.83. The Morgan fingerprint density at radius 2 is 1.62 bits per heavy atom. The van der Waals surface area contributed by atoms with Gasteiger partial charge < -0.3 is 10.0 Å². The standard InChI is InChI=1S/C24H21F3N2O4S/c25-16-2-5-19(6-3-16)34(32,33)23(20-13-17(26)4-7-21(20)27)15-1-8-22(28-14-15)24(31)29-11-9-18(30)10-12-29/h1-8,13-14,18,23,30H,9-12H2. The summed E-state index contributed by atoms with van der Waals surface area (Å²) < 4.78 is 69.0. The third-order valence-electron chi connectivity index (χ3n) is 5.75. The lowest BCUT2D eigenvalue weighted by molar-refractivity contribution is 0.0541. The number of nitrogens with zero attached hydrogens (tertiary/aromatic N) is 2. The first-order valence-corrected chi connectivity index (χ1v) is 12.1. The largest absolute Gasteiger partial charge is 0.393 e. The number of piperidine rings is 1. The van der Waals surface area contributed by atoms with Crippen LogP contribution in [0.2, 0.25) is 0 Å². The molecule has 0 bridgehead atoms. The van der Waals surface area contributed by atoms with Gasteiger partial charge in [0.15, 0.2) is 9.84 Å². The van der Waals surface area contributed by atoms with Crippen molar-refractivity contribution < 1.29 is 31.5 Å². The molecule has 1 amide bonds. The monoisotopic (exact) mass is 490 g/mol. The fourth-order valence-corrected chi connectivity index (χ4v) is 5.72. The number of rotatable bonds is 5. The fourth-order valence-electron chi connectivity index (χ4n) is 3.92. The lowest BCUT2D eigenvalue weighted by Gasteiger charge is -2.29. The molecule has 0 radical (unpaired) electrons. The minimum Gasteiger partial charge on any atom is -0.393 e. The molecule has 1 fully saturated rings. The Kier molecular flexibility index (Phi) is 6.72. The van der Waals surface area contributed by atoms with Crippen molar-refractivity contribution in [1.82, 2.24) is 9.88 Å². The fraction of sp³-hybridized carbons (Fsp3) is 0.250. The highest BCUT2D eigenvalue weighted by Gasteiger charge is 2.34. The molecule has 0 saturated carbocycles. The van der Waals surface area contributed by atoms with Crippen molar-refractivity contribution in [3.05, 3.63) is 95.1 Å². The van der Waals surface area contributed by atoms with Gasteiger partial charge in [-0.15, -0.1) is 0 Å². The number of benzene rings is 2. The maximum atomic E-state index is 14.7. The molecule has 3 aromatic rings. The quantitative estimate of drug-likeness (QED) is 0.552. The number of carbonyl (C=O) groups excluding carboxylic acids is 1. The zero-order valence-electron chi connectivity index (χ0n) is 17.9. The van der Waals surface area contributed by atoms with E-state index in [2.05, 4.69) is 4.98 Å². The summed E-state index contributed by atoms with van der Waals surface area (Å²) in [6, 6.07) is 9.16. The molecular formula is C24H21F3N2O4S. The summed E-state index contributed by atoms with van der Waals surface area (Å²) in [6.45, 7) is 0.721. The molecule has 1 saturated heterocycles. The van der Waals surface area contributed by atoms with E-state index in [1.807, 2.05) is 0 Å². The first-order chi connectivity index (χ1) is 16.2. The molecule has 1 aromatic heterocycles. The second-order valence-corrected chi connectivity index (χ2v) is 10.1. The van der Waals surface area contributed by atoms with Crippen molar-refractivity contribution in [2.24, 2.45) is 0 Å². The van der Waals surface area contributed by atoms with Gasteiger partial charge in [-0.05, 0) is 66.9 Å². The highest BCUT2D eigenvalue weighted by molar-refractivity contribution is 7.91. The number of aliphatic hydroxyl groups is 1. The van der Waals surface area contributed by atoms with E-state index in [0.717, 1.165) is 48.7 Å². The molecular weight excluding hydrogens is 469 g/mol. The maximum Gasteiger partial charge on any atom is 0.272 e. The third kappa shape index (κ3) is 4.83. The summed E-state index contributed by atoms with van der Waals surface area (Å²) in [5.41, 5.74) is -0.368. The Balaban J connectivity index is 1.74. The minimum atomic E-state index is -4.36. The number of likely N-dealkylation sites (tertiary alicyclic amines) is 1. The number of hydrogen-bond donors (Lipinski definition) is 1. The Hall–Kier alpha value is -3.24. The molecule has 2 heterocycles. The smallest absolute Gasteiger partial charge is 0.272 e.